The Labute approximate surface area is 127 Å². The molecule has 0 bridgehead atoms. The van der Waals surface area contributed by atoms with E-state index in [1.54, 1.807) is 13.8 Å². The molecular weight excluding hydrogens is 296 g/mol. The van der Waals surface area contributed by atoms with Gasteiger partial charge in [-0.3, -0.25) is 4.18 Å². The molecule has 1 rings (SSSR count). The van der Waals surface area contributed by atoms with Crippen LogP contribution in [0.3, 0.4) is 0 Å². The van der Waals surface area contributed by atoms with Crippen LogP contribution in [0.25, 0.3) is 0 Å². The van der Waals surface area contributed by atoms with Crippen LogP contribution >= 0.6 is 0 Å². The first-order valence-corrected chi connectivity index (χ1v) is 8.49. The Bertz CT molecular complexity index is 497. The van der Waals surface area contributed by atoms with Gasteiger partial charge in [0.1, 0.15) is 18.3 Å². The van der Waals surface area contributed by atoms with Gasteiger partial charge in [-0.2, -0.15) is 8.42 Å². The van der Waals surface area contributed by atoms with E-state index in [4.69, 9.17) is 24.8 Å². The van der Waals surface area contributed by atoms with E-state index in [0.29, 0.717) is 0 Å². The minimum absolute atomic E-state index is 0.0266. The molecule has 21 heavy (non-hydrogen) atoms. The Balaban J connectivity index is 2.92. The van der Waals surface area contributed by atoms with Crippen molar-refractivity contribution in [3.05, 3.63) is 0 Å². The second-order valence-corrected chi connectivity index (χ2v) is 8.05. The summed E-state index contributed by atoms with van der Waals surface area (Å²) in [5.41, 5.74) is -0.445. The van der Waals surface area contributed by atoms with Crippen LogP contribution in [-0.4, -0.2) is 51.0 Å². The Morgan fingerprint density at radius 1 is 1.33 bits per heavy atom. The summed E-state index contributed by atoms with van der Waals surface area (Å²) in [6.45, 7) is 9.02. The summed E-state index contributed by atoms with van der Waals surface area (Å²) in [5.74, 6) is 1.56. The first-order chi connectivity index (χ1) is 9.33. The highest BCUT2D eigenvalue weighted by Gasteiger charge is 2.46. The maximum atomic E-state index is 11.5. The zero-order valence-electron chi connectivity index (χ0n) is 13.4. The van der Waals surface area contributed by atoms with Gasteiger partial charge in [0.2, 0.25) is 0 Å². The smallest absolute Gasteiger partial charge is 0.264 e. The van der Waals surface area contributed by atoms with E-state index >= 15 is 0 Å². The average Bonchev–Trinajstić information content (AvgIpc) is 2.57. The lowest BCUT2D eigenvalue weighted by atomic mass is 10.1. The first kappa shape index (κ1) is 18.4. The molecule has 0 amide bonds. The van der Waals surface area contributed by atoms with Crippen LogP contribution in [0.1, 0.15) is 34.6 Å². The van der Waals surface area contributed by atoms with Gasteiger partial charge in [0.05, 0.1) is 18.5 Å². The molecule has 122 valence electrons. The van der Waals surface area contributed by atoms with Crippen LogP contribution in [-0.2, 0) is 28.5 Å². The molecule has 0 aromatic rings. The van der Waals surface area contributed by atoms with Crippen molar-refractivity contribution in [3.8, 4) is 12.3 Å². The molecular formula is C14H24O6S. The normalized spacial score (nSPS) is 27.3. The van der Waals surface area contributed by atoms with Gasteiger partial charge < -0.3 is 14.2 Å². The fraction of sp³-hybridized carbons (Fsp3) is 0.857. The summed E-state index contributed by atoms with van der Waals surface area (Å²) in [5, 5.41) is 0. The molecule has 0 unspecified atom stereocenters. The van der Waals surface area contributed by atoms with Crippen molar-refractivity contribution in [1.29, 1.82) is 0 Å². The van der Waals surface area contributed by atoms with E-state index in [1.165, 1.54) is 0 Å². The second-order valence-electron chi connectivity index (χ2n) is 6.45. The number of hydrogen-bond donors (Lipinski definition) is 0. The third-order valence-corrected chi connectivity index (χ3v) is 3.24. The SMILES string of the molecule is C#C[C@@H]1OC(C)(C)O[C@H]1[C@@H](COC(C)(C)C)OS(C)(=O)=O. The minimum Gasteiger partial charge on any atom is -0.373 e. The zero-order chi connectivity index (χ0) is 16.5. The van der Waals surface area contributed by atoms with Crippen LogP contribution in [0, 0.1) is 12.3 Å². The van der Waals surface area contributed by atoms with Crippen molar-refractivity contribution in [3.63, 3.8) is 0 Å². The Kier molecular flexibility index (Phi) is 5.45. The number of terminal acetylenes is 1. The molecule has 0 aromatic carbocycles. The third kappa shape index (κ3) is 6.32. The summed E-state index contributed by atoms with van der Waals surface area (Å²) >= 11 is 0. The van der Waals surface area contributed by atoms with Crippen molar-refractivity contribution < 1.29 is 26.8 Å². The summed E-state index contributed by atoms with van der Waals surface area (Å²) in [6.07, 6.45) is 4.11. The first-order valence-electron chi connectivity index (χ1n) is 6.67. The van der Waals surface area contributed by atoms with Crippen LogP contribution in [0.4, 0.5) is 0 Å². The molecule has 1 aliphatic rings. The largest absolute Gasteiger partial charge is 0.373 e. The topological polar surface area (TPSA) is 71.1 Å². The van der Waals surface area contributed by atoms with E-state index in [2.05, 4.69) is 5.92 Å². The summed E-state index contributed by atoms with van der Waals surface area (Å²) < 4.78 is 44.9. The van der Waals surface area contributed by atoms with Crippen LogP contribution in [0.2, 0.25) is 0 Å². The van der Waals surface area contributed by atoms with Crippen molar-refractivity contribution in [1.82, 2.24) is 0 Å². The molecule has 0 saturated carbocycles. The molecule has 1 heterocycles. The molecule has 1 saturated heterocycles. The average molecular weight is 320 g/mol. The third-order valence-electron chi connectivity index (χ3n) is 2.64. The highest BCUT2D eigenvalue weighted by Crippen LogP contribution is 2.31. The van der Waals surface area contributed by atoms with E-state index in [-0.39, 0.29) is 6.61 Å². The molecule has 3 atom stereocenters. The lowest BCUT2D eigenvalue weighted by molar-refractivity contribution is -0.157. The molecule has 7 heteroatoms. The summed E-state index contributed by atoms with van der Waals surface area (Å²) in [6, 6.07) is 0. The Hall–Kier alpha value is -0.650. The molecule has 6 nitrogen and oxygen atoms in total. The quantitative estimate of drug-likeness (QED) is 0.562. The van der Waals surface area contributed by atoms with Crippen LogP contribution < -0.4 is 0 Å². The zero-order valence-corrected chi connectivity index (χ0v) is 14.2. The molecule has 1 aliphatic heterocycles. The molecule has 1 fully saturated rings. The number of ether oxygens (including phenoxy) is 3. The monoisotopic (exact) mass is 320 g/mol. The molecule has 0 aromatic heterocycles. The predicted molar refractivity (Wildman–Crippen MR) is 78.1 cm³/mol. The molecule has 0 aliphatic carbocycles. The lowest BCUT2D eigenvalue weighted by Gasteiger charge is -2.28. The van der Waals surface area contributed by atoms with Crippen LogP contribution in [0.5, 0.6) is 0 Å². The number of rotatable bonds is 5. The van der Waals surface area contributed by atoms with Gasteiger partial charge in [-0.25, -0.2) is 0 Å². The molecule has 0 N–H and O–H groups in total. The van der Waals surface area contributed by atoms with Crippen molar-refractivity contribution >= 4 is 10.1 Å². The van der Waals surface area contributed by atoms with Crippen molar-refractivity contribution in [2.45, 2.75) is 64.3 Å². The van der Waals surface area contributed by atoms with Gasteiger partial charge in [-0.1, -0.05) is 5.92 Å². The van der Waals surface area contributed by atoms with Gasteiger partial charge in [0.15, 0.2) is 5.79 Å². The fourth-order valence-corrected chi connectivity index (χ4v) is 2.54. The van der Waals surface area contributed by atoms with E-state index in [1.807, 2.05) is 20.8 Å². The van der Waals surface area contributed by atoms with Crippen LogP contribution in [0.15, 0.2) is 0 Å². The van der Waals surface area contributed by atoms with E-state index < -0.39 is 39.8 Å². The Morgan fingerprint density at radius 3 is 2.33 bits per heavy atom. The van der Waals surface area contributed by atoms with Gasteiger partial charge in [0.25, 0.3) is 10.1 Å². The van der Waals surface area contributed by atoms with Crippen molar-refractivity contribution in [2.24, 2.45) is 0 Å². The highest BCUT2D eigenvalue weighted by atomic mass is 32.2. The molecule has 0 radical (unpaired) electrons. The van der Waals surface area contributed by atoms with Gasteiger partial charge in [-0.05, 0) is 34.6 Å². The highest BCUT2D eigenvalue weighted by molar-refractivity contribution is 7.86. The standard InChI is InChI=1S/C14H24O6S/c1-8-10-12(19-14(5,6)18-10)11(20-21(7,15)16)9-17-13(2,3)4/h1,10-12H,9H2,2-7H3/t10-,11+,12+/m0/s1. The second kappa shape index (κ2) is 6.23. The van der Waals surface area contributed by atoms with E-state index in [0.717, 1.165) is 6.26 Å². The molecule has 0 spiro atoms. The predicted octanol–water partition coefficient (Wildman–Crippen LogP) is 1.30. The number of hydrogen-bond acceptors (Lipinski definition) is 6. The van der Waals surface area contributed by atoms with E-state index in [9.17, 15) is 8.42 Å². The van der Waals surface area contributed by atoms with Gasteiger partial charge in [0, 0.05) is 0 Å². The van der Waals surface area contributed by atoms with Gasteiger partial charge in [-0.15, -0.1) is 6.42 Å². The van der Waals surface area contributed by atoms with Crippen molar-refractivity contribution in [2.75, 3.05) is 12.9 Å². The van der Waals surface area contributed by atoms with Gasteiger partial charge >= 0.3 is 0 Å². The Morgan fingerprint density at radius 2 is 1.90 bits per heavy atom. The summed E-state index contributed by atoms with van der Waals surface area (Å²) in [7, 11) is -3.68. The minimum atomic E-state index is -3.68. The lowest BCUT2D eigenvalue weighted by Crippen LogP contribution is -2.42. The fourth-order valence-electron chi connectivity index (χ4n) is 1.92. The summed E-state index contributed by atoms with van der Waals surface area (Å²) in [4.78, 5) is 0. The maximum absolute atomic E-state index is 11.5. The maximum Gasteiger partial charge on any atom is 0.264 e.